The first-order chi connectivity index (χ1) is 17.0. The van der Waals surface area contributed by atoms with Gasteiger partial charge >= 0.3 is 5.97 Å². The van der Waals surface area contributed by atoms with E-state index >= 15 is 0 Å². The van der Waals surface area contributed by atoms with E-state index in [9.17, 15) is 45.6 Å². The number of ether oxygens (including phenoxy) is 4. The quantitative estimate of drug-likeness (QED) is 0.151. The number of phenols is 5. The molecule has 1 fully saturated rings. The van der Waals surface area contributed by atoms with Crippen LogP contribution >= 0.6 is 0 Å². The van der Waals surface area contributed by atoms with E-state index in [4.69, 9.17) is 14.2 Å². The second-order valence-electron chi connectivity index (χ2n) is 8.32. The molecule has 194 valence electrons. The zero-order chi connectivity index (χ0) is 26.3. The van der Waals surface area contributed by atoms with Crippen LogP contribution in [0.15, 0.2) is 30.0 Å². The summed E-state index contributed by atoms with van der Waals surface area (Å²) < 4.78 is 20.6. The van der Waals surface area contributed by atoms with Crippen LogP contribution in [0.5, 0.6) is 34.5 Å². The maximum atomic E-state index is 11.2. The highest BCUT2D eigenvalue weighted by atomic mass is 16.7. The second-order valence-corrected chi connectivity index (χ2v) is 8.32. The summed E-state index contributed by atoms with van der Waals surface area (Å²) in [4.78, 5) is 11.2. The summed E-state index contributed by atoms with van der Waals surface area (Å²) in [5.41, 5.74) is 0.221. The SMILES string of the molecule is CC(=O)OCC1OC(OC2=Cc3c(O)cc(O)cc3[OH+]C2c2cc(O)c(O)c(O)c2)C(O)C(O)C1O. The molecule has 0 bridgehead atoms. The molecular weight excluding hydrogens is 484 g/mol. The van der Waals surface area contributed by atoms with Gasteiger partial charge in [-0.3, -0.25) is 4.79 Å². The molecule has 13 nitrogen and oxygen atoms in total. The van der Waals surface area contributed by atoms with Crippen LogP contribution in [0.4, 0.5) is 0 Å². The molecule has 2 aliphatic heterocycles. The summed E-state index contributed by atoms with van der Waals surface area (Å²) in [6.45, 7) is 0.688. The summed E-state index contributed by atoms with van der Waals surface area (Å²) >= 11 is 0. The lowest BCUT2D eigenvalue weighted by Crippen LogP contribution is -2.59. The minimum Gasteiger partial charge on any atom is -0.571 e. The Bertz CT molecular complexity index is 1170. The molecule has 4 rings (SSSR count). The van der Waals surface area contributed by atoms with Crippen molar-refractivity contribution in [2.75, 3.05) is 6.61 Å². The number of phenolic OH excluding ortho intramolecular Hbond substituents is 5. The Labute approximate surface area is 203 Å². The van der Waals surface area contributed by atoms with E-state index < -0.39 is 66.6 Å². The number of aliphatic hydroxyl groups is 4. The van der Waals surface area contributed by atoms with Gasteiger partial charge in [-0.15, -0.1) is 0 Å². The monoisotopic (exact) mass is 509 g/mol. The molecule has 36 heavy (non-hydrogen) atoms. The van der Waals surface area contributed by atoms with Gasteiger partial charge in [0.1, 0.15) is 48.1 Å². The van der Waals surface area contributed by atoms with Crippen molar-refractivity contribution in [1.29, 1.82) is 0 Å². The van der Waals surface area contributed by atoms with Crippen LogP contribution in [0, 0.1) is 0 Å². The lowest BCUT2D eigenvalue weighted by atomic mass is 9.98. The molecule has 13 heteroatoms. The predicted molar refractivity (Wildman–Crippen MR) is 118 cm³/mol. The first-order valence-electron chi connectivity index (χ1n) is 10.7. The van der Waals surface area contributed by atoms with Crippen molar-refractivity contribution in [3.05, 3.63) is 41.2 Å². The normalized spacial score (nSPS) is 27.4. The first-order valence-corrected chi connectivity index (χ1v) is 10.7. The number of fused-ring (bicyclic) bond motifs is 1. The van der Waals surface area contributed by atoms with Crippen molar-refractivity contribution in [2.45, 2.75) is 43.7 Å². The smallest absolute Gasteiger partial charge is 0.302 e. The third kappa shape index (κ3) is 4.77. The molecule has 0 aliphatic carbocycles. The van der Waals surface area contributed by atoms with E-state index in [0.717, 1.165) is 25.1 Å². The Kier molecular flexibility index (Phi) is 6.73. The van der Waals surface area contributed by atoms with Gasteiger partial charge in [0, 0.05) is 19.1 Å². The highest BCUT2D eigenvalue weighted by Gasteiger charge is 2.47. The number of hydrogen-bond donors (Lipinski definition) is 8. The third-order valence-corrected chi connectivity index (χ3v) is 5.72. The Balaban J connectivity index is 1.72. The van der Waals surface area contributed by atoms with Crippen LogP contribution in [-0.2, 0) is 19.0 Å². The van der Waals surface area contributed by atoms with Gasteiger partial charge < -0.3 is 59.8 Å². The van der Waals surface area contributed by atoms with Gasteiger partial charge in [-0.25, -0.2) is 0 Å². The fourth-order valence-electron chi connectivity index (χ4n) is 3.89. The molecule has 6 atom stereocenters. The van der Waals surface area contributed by atoms with Crippen LogP contribution in [0.25, 0.3) is 6.08 Å². The van der Waals surface area contributed by atoms with Crippen molar-refractivity contribution < 1.29 is 64.6 Å². The average Bonchev–Trinajstić information content (AvgIpc) is 2.81. The molecule has 2 aliphatic rings. The van der Waals surface area contributed by atoms with Gasteiger partial charge in [0.15, 0.2) is 23.0 Å². The van der Waals surface area contributed by atoms with Crippen LogP contribution in [0.1, 0.15) is 24.2 Å². The van der Waals surface area contributed by atoms with E-state index in [1.165, 1.54) is 12.1 Å². The Morgan fingerprint density at radius 1 is 0.944 bits per heavy atom. The maximum Gasteiger partial charge on any atom is 0.302 e. The number of benzene rings is 2. The molecule has 2 heterocycles. The standard InChI is InChI=1S/C23H24O13/c1-8(24)33-7-17-19(30)20(31)21(32)23(36-17)35-16-6-11-12(26)4-10(25)5-15(11)34-22(16)9-2-13(27)18(29)14(28)3-9/h2-6,17,19-23,25-32H,7H2,1H3/p+1. The summed E-state index contributed by atoms with van der Waals surface area (Å²) in [5, 5.41) is 80.8. The zero-order valence-electron chi connectivity index (χ0n) is 18.7. The van der Waals surface area contributed by atoms with Crippen molar-refractivity contribution in [3.8, 4) is 34.5 Å². The van der Waals surface area contributed by atoms with Crippen molar-refractivity contribution in [3.63, 3.8) is 0 Å². The Hall–Kier alpha value is -3.91. The van der Waals surface area contributed by atoms with Crippen molar-refractivity contribution >= 4 is 12.0 Å². The van der Waals surface area contributed by atoms with Crippen molar-refractivity contribution in [1.82, 2.24) is 0 Å². The van der Waals surface area contributed by atoms with Gasteiger partial charge in [-0.2, -0.15) is 0 Å². The summed E-state index contributed by atoms with van der Waals surface area (Å²) in [6, 6.07) is 4.49. The first kappa shape index (κ1) is 25.2. The molecule has 2 aromatic carbocycles. The molecule has 0 amide bonds. The Morgan fingerprint density at radius 3 is 2.25 bits per heavy atom. The van der Waals surface area contributed by atoms with Gasteiger partial charge in [-0.05, 0) is 12.1 Å². The number of carbonyl (C=O) groups excluding carboxylic acids is 1. The third-order valence-electron chi connectivity index (χ3n) is 5.72. The number of hydrogen-bond acceptors (Lipinski definition) is 12. The average molecular weight is 509 g/mol. The van der Waals surface area contributed by atoms with Gasteiger partial charge in [0.2, 0.25) is 6.29 Å². The Morgan fingerprint density at radius 2 is 1.61 bits per heavy atom. The molecule has 2 aromatic rings. The van der Waals surface area contributed by atoms with Crippen LogP contribution in [0.2, 0.25) is 0 Å². The zero-order valence-corrected chi connectivity index (χ0v) is 18.7. The van der Waals surface area contributed by atoms with Gasteiger partial charge in [0.25, 0.3) is 11.9 Å². The topological polar surface area (TPSA) is 219 Å². The molecule has 0 saturated carbocycles. The molecule has 0 aromatic heterocycles. The number of esters is 1. The molecular formula is C23H25O13+. The molecule has 6 unspecified atom stereocenters. The maximum absolute atomic E-state index is 11.2. The second kappa shape index (κ2) is 9.62. The summed E-state index contributed by atoms with van der Waals surface area (Å²) in [5.74, 6) is -3.42. The molecule has 1 saturated heterocycles. The number of carbonyl (C=O) groups is 1. The number of aliphatic hydroxyl groups excluding tert-OH is 3. The van der Waals surface area contributed by atoms with Crippen LogP contribution < -0.4 is 0 Å². The largest absolute Gasteiger partial charge is 0.571 e. The minimum atomic E-state index is -1.77. The summed E-state index contributed by atoms with van der Waals surface area (Å²) in [6.07, 6.45) is -7.88. The lowest BCUT2D eigenvalue weighted by Gasteiger charge is -2.40. The lowest BCUT2D eigenvalue weighted by molar-refractivity contribution is -0.296. The van der Waals surface area contributed by atoms with Crippen LogP contribution in [-0.4, -0.2) is 88.9 Å². The van der Waals surface area contributed by atoms with Gasteiger partial charge in [-0.1, -0.05) is 0 Å². The van der Waals surface area contributed by atoms with E-state index in [-0.39, 0.29) is 34.1 Å². The van der Waals surface area contributed by atoms with Gasteiger partial charge in [0.05, 0.1) is 11.6 Å². The fourth-order valence-corrected chi connectivity index (χ4v) is 3.89. The highest BCUT2D eigenvalue weighted by Crippen LogP contribution is 2.47. The molecule has 0 radical (unpaired) electrons. The minimum absolute atomic E-state index is 0.102. The van der Waals surface area contributed by atoms with E-state index in [2.05, 4.69) is 4.74 Å². The van der Waals surface area contributed by atoms with Crippen molar-refractivity contribution in [2.24, 2.45) is 0 Å². The summed E-state index contributed by atoms with van der Waals surface area (Å²) in [7, 11) is 0. The fraction of sp³-hybridized carbons (Fsp3) is 0.348. The van der Waals surface area contributed by atoms with Crippen LogP contribution in [0.3, 0.4) is 0 Å². The van der Waals surface area contributed by atoms with E-state index in [1.807, 2.05) is 0 Å². The highest BCUT2D eigenvalue weighted by molar-refractivity contribution is 5.69. The predicted octanol–water partition coefficient (Wildman–Crippen LogP) is -0.0610. The van der Waals surface area contributed by atoms with E-state index in [0.29, 0.717) is 0 Å². The molecule has 0 spiro atoms. The number of rotatable bonds is 5. The number of aromatic hydroxyl groups is 6. The van der Waals surface area contributed by atoms with E-state index in [1.54, 1.807) is 0 Å². The molecule has 9 N–H and O–H groups in total.